The fourth-order valence-corrected chi connectivity index (χ4v) is 5.77. The zero-order chi connectivity index (χ0) is 19.5. The maximum absolute atomic E-state index is 14.2. The number of benzene rings is 2. The Morgan fingerprint density at radius 2 is 2.07 bits per heavy atom. The number of rotatable bonds is 3. The number of thioether (sulfide) groups is 1. The van der Waals surface area contributed by atoms with Crippen molar-refractivity contribution in [3.05, 3.63) is 65.0 Å². The molecule has 0 aromatic heterocycles. The lowest BCUT2D eigenvalue weighted by Gasteiger charge is -2.33. The molecule has 2 amide bonds. The molecule has 3 aliphatic rings. The largest absolute Gasteiger partial charge is 0.315 e. The molecule has 2 aromatic carbocycles. The molecule has 28 heavy (non-hydrogen) atoms. The summed E-state index contributed by atoms with van der Waals surface area (Å²) in [4.78, 5) is 29.0. The Morgan fingerprint density at radius 1 is 1.25 bits per heavy atom. The first-order valence-corrected chi connectivity index (χ1v) is 10.6. The molecule has 1 unspecified atom stereocenters. The van der Waals surface area contributed by atoms with Gasteiger partial charge in [-0.3, -0.25) is 9.59 Å². The van der Waals surface area contributed by atoms with Gasteiger partial charge in [-0.25, -0.2) is 4.39 Å². The highest BCUT2D eigenvalue weighted by molar-refractivity contribution is 8.01. The van der Waals surface area contributed by atoms with Gasteiger partial charge in [0.05, 0.1) is 12.2 Å². The number of amides is 2. The summed E-state index contributed by atoms with van der Waals surface area (Å²) >= 11 is 1.46. The third-order valence-corrected chi connectivity index (χ3v) is 7.19. The van der Waals surface area contributed by atoms with Crippen molar-refractivity contribution in [2.24, 2.45) is 5.92 Å². The molecule has 1 saturated carbocycles. The molecule has 1 atom stereocenters. The van der Waals surface area contributed by atoms with E-state index in [2.05, 4.69) is 6.07 Å². The van der Waals surface area contributed by atoms with Crippen LogP contribution < -0.4 is 4.90 Å². The highest BCUT2D eigenvalue weighted by Gasteiger charge is 2.60. The van der Waals surface area contributed by atoms with E-state index in [0.29, 0.717) is 30.1 Å². The first-order valence-electron chi connectivity index (χ1n) is 9.64. The summed E-state index contributed by atoms with van der Waals surface area (Å²) in [5.74, 6) is 0.219. The number of carbonyl (C=O) groups is 2. The number of aryl methyl sites for hydroxylation is 1. The van der Waals surface area contributed by atoms with Gasteiger partial charge in [0.25, 0.3) is 5.91 Å². The second kappa shape index (κ2) is 6.34. The Balaban J connectivity index is 1.60. The zero-order valence-electron chi connectivity index (χ0n) is 15.7. The third kappa shape index (κ3) is 2.58. The Hall–Kier alpha value is -2.34. The normalized spacial score (nSPS) is 23.6. The Kier molecular flexibility index (Phi) is 4.02. The standard InChI is InChI=1S/C22H21FN2O2S/c1-14-3-2-4-15(11-14)13-24-19-8-7-17(23)12-18(19)22(21(24)27)25(9-10-28-22)20(26)16-5-6-16/h2-4,7-8,11-12,16H,5-6,9-10,13H2,1H3. The van der Waals surface area contributed by atoms with Gasteiger partial charge in [-0.1, -0.05) is 29.8 Å². The molecule has 0 bridgehead atoms. The molecule has 1 spiro atoms. The summed E-state index contributed by atoms with van der Waals surface area (Å²) in [5.41, 5.74) is 3.46. The molecule has 2 aliphatic heterocycles. The molecule has 2 heterocycles. The Labute approximate surface area is 167 Å². The maximum atomic E-state index is 14.2. The van der Waals surface area contributed by atoms with Crippen LogP contribution in [0.15, 0.2) is 42.5 Å². The Morgan fingerprint density at radius 3 is 2.82 bits per heavy atom. The molecule has 4 nitrogen and oxygen atoms in total. The molecule has 6 heteroatoms. The van der Waals surface area contributed by atoms with Crippen molar-refractivity contribution in [2.45, 2.75) is 31.2 Å². The Bertz CT molecular complexity index is 990. The van der Waals surface area contributed by atoms with Crippen molar-refractivity contribution >= 4 is 29.3 Å². The van der Waals surface area contributed by atoms with Gasteiger partial charge in [0.2, 0.25) is 5.91 Å². The fraction of sp³-hybridized carbons (Fsp3) is 0.364. The van der Waals surface area contributed by atoms with E-state index in [9.17, 15) is 14.0 Å². The quantitative estimate of drug-likeness (QED) is 0.792. The lowest BCUT2D eigenvalue weighted by Crippen LogP contribution is -2.50. The molecule has 0 radical (unpaired) electrons. The first-order chi connectivity index (χ1) is 13.5. The third-order valence-electron chi connectivity index (χ3n) is 5.77. The molecular formula is C22H21FN2O2S. The van der Waals surface area contributed by atoms with Crippen LogP contribution in [0.25, 0.3) is 0 Å². The molecule has 5 rings (SSSR count). The van der Waals surface area contributed by atoms with Crippen molar-refractivity contribution in [1.82, 2.24) is 4.90 Å². The van der Waals surface area contributed by atoms with Crippen LogP contribution in [0.3, 0.4) is 0 Å². The van der Waals surface area contributed by atoms with E-state index in [0.717, 1.165) is 24.0 Å². The van der Waals surface area contributed by atoms with E-state index < -0.39 is 4.87 Å². The van der Waals surface area contributed by atoms with Gasteiger partial charge in [0.1, 0.15) is 5.82 Å². The summed E-state index contributed by atoms with van der Waals surface area (Å²) in [6.45, 7) is 2.95. The number of hydrogen-bond acceptors (Lipinski definition) is 3. The molecule has 2 fully saturated rings. The molecule has 144 valence electrons. The number of hydrogen-bond donors (Lipinski definition) is 0. The number of nitrogens with zero attached hydrogens (tertiary/aromatic N) is 2. The van der Waals surface area contributed by atoms with Gasteiger partial charge < -0.3 is 9.80 Å². The summed E-state index contributed by atoms with van der Waals surface area (Å²) in [6, 6.07) is 12.5. The minimum Gasteiger partial charge on any atom is -0.315 e. The van der Waals surface area contributed by atoms with Crippen molar-refractivity contribution in [2.75, 3.05) is 17.2 Å². The highest BCUT2D eigenvalue weighted by atomic mass is 32.2. The van der Waals surface area contributed by atoms with Crippen molar-refractivity contribution in [3.63, 3.8) is 0 Å². The van der Waals surface area contributed by atoms with E-state index in [1.807, 2.05) is 25.1 Å². The van der Waals surface area contributed by atoms with Crippen LogP contribution in [-0.2, 0) is 21.0 Å². The molecule has 1 saturated heterocycles. The molecule has 2 aromatic rings. The van der Waals surface area contributed by atoms with Crippen LogP contribution in [0.4, 0.5) is 10.1 Å². The predicted octanol–water partition coefficient (Wildman–Crippen LogP) is 3.82. The van der Waals surface area contributed by atoms with Gasteiger partial charge in [0.15, 0.2) is 4.87 Å². The van der Waals surface area contributed by atoms with Crippen LogP contribution in [0, 0.1) is 18.7 Å². The van der Waals surface area contributed by atoms with Gasteiger partial charge in [0, 0.05) is 23.8 Å². The van der Waals surface area contributed by atoms with E-state index in [1.165, 1.54) is 23.9 Å². The van der Waals surface area contributed by atoms with Gasteiger partial charge in [-0.2, -0.15) is 0 Å². The predicted molar refractivity (Wildman–Crippen MR) is 107 cm³/mol. The second-order valence-electron chi connectivity index (χ2n) is 7.80. The average Bonchev–Trinajstić information content (AvgIpc) is 3.39. The number of halogens is 1. The number of carbonyl (C=O) groups excluding carboxylic acids is 2. The van der Waals surface area contributed by atoms with Gasteiger partial charge >= 0.3 is 0 Å². The van der Waals surface area contributed by atoms with E-state index >= 15 is 0 Å². The lowest BCUT2D eigenvalue weighted by molar-refractivity contribution is -0.141. The smallest absolute Gasteiger partial charge is 0.268 e. The van der Waals surface area contributed by atoms with Crippen molar-refractivity contribution in [1.29, 1.82) is 0 Å². The molecule has 1 aliphatic carbocycles. The van der Waals surface area contributed by atoms with Crippen LogP contribution in [0.1, 0.15) is 29.5 Å². The van der Waals surface area contributed by atoms with Gasteiger partial charge in [-0.05, 0) is 43.5 Å². The average molecular weight is 396 g/mol. The minimum absolute atomic E-state index is 0.0196. The monoisotopic (exact) mass is 396 g/mol. The van der Waals surface area contributed by atoms with E-state index in [1.54, 1.807) is 15.9 Å². The van der Waals surface area contributed by atoms with Crippen LogP contribution in [0.2, 0.25) is 0 Å². The SMILES string of the molecule is Cc1cccc(CN2C(=O)C3(SCCN3C(=O)C3CC3)c3cc(F)ccc32)c1. The molecular weight excluding hydrogens is 375 g/mol. The van der Waals surface area contributed by atoms with Crippen molar-refractivity contribution in [3.8, 4) is 0 Å². The highest BCUT2D eigenvalue weighted by Crippen LogP contribution is 2.55. The lowest BCUT2D eigenvalue weighted by atomic mass is 10.0. The zero-order valence-corrected chi connectivity index (χ0v) is 16.5. The minimum atomic E-state index is -1.12. The second-order valence-corrected chi connectivity index (χ2v) is 9.09. The topological polar surface area (TPSA) is 40.6 Å². The summed E-state index contributed by atoms with van der Waals surface area (Å²) in [7, 11) is 0. The van der Waals surface area contributed by atoms with Crippen molar-refractivity contribution < 1.29 is 14.0 Å². The number of fused-ring (bicyclic) bond motifs is 2. The van der Waals surface area contributed by atoms with Gasteiger partial charge in [-0.15, -0.1) is 11.8 Å². The summed E-state index contributed by atoms with van der Waals surface area (Å²) < 4.78 is 14.2. The fourth-order valence-electron chi connectivity index (χ4n) is 4.31. The van der Waals surface area contributed by atoms with E-state index in [4.69, 9.17) is 0 Å². The first kappa shape index (κ1) is 17.7. The molecule has 0 N–H and O–H groups in total. The van der Waals surface area contributed by atoms with Crippen LogP contribution >= 0.6 is 11.8 Å². The van der Waals surface area contributed by atoms with E-state index in [-0.39, 0.29) is 23.5 Å². The summed E-state index contributed by atoms with van der Waals surface area (Å²) in [5, 5.41) is 0. The number of anilines is 1. The van der Waals surface area contributed by atoms with Crippen LogP contribution in [-0.4, -0.2) is 29.0 Å². The maximum Gasteiger partial charge on any atom is 0.268 e. The summed E-state index contributed by atoms with van der Waals surface area (Å²) in [6.07, 6.45) is 1.76. The van der Waals surface area contributed by atoms with Crippen LogP contribution in [0.5, 0.6) is 0 Å².